The average molecular weight is 283 g/mol. The van der Waals surface area contributed by atoms with E-state index in [0.717, 1.165) is 18.2 Å². The van der Waals surface area contributed by atoms with Crippen molar-refractivity contribution < 1.29 is 22.9 Å². The van der Waals surface area contributed by atoms with Crippen LogP contribution < -0.4 is 5.32 Å². The Bertz CT molecular complexity index is 490. The van der Waals surface area contributed by atoms with E-state index in [1.807, 2.05) is 0 Å². The average Bonchev–Trinajstić information content (AvgIpc) is 2.24. The van der Waals surface area contributed by atoms with E-state index < -0.39 is 29.2 Å². The van der Waals surface area contributed by atoms with E-state index in [1.54, 1.807) is 5.32 Å². The number of nitro benzene ring substituents is 1. The van der Waals surface area contributed by atoms with Crippen molar-refractivity contribution in [3.05, 3.63) is 38.9 Å². The zero-order chi connectivity index (χ0) is 13.9. The number of hydrogen-bond donors (Lipinski definition) is 1. The van der Waals surface area contributed by atoms with Gasteiger partial charge in [0.15, 0.2) is 0 Å². The van der Waals surface area contributed by atoms with Crippen LogP contribution in [-0.4, -0.2) is 23.6 Å². The molecule has 5 nitrogen and oxygen atoms in total. The third-order valence-corrected chi connectivity index (χ3v) is 2.16. The number of rotatable bonds is 3. The Hall–Kier alpha value is -1.83. The summed E-state index contributed by atoms with van der Waals surface area (Å²) in [7, 11) is 0. The molecule has 0 unspecified atom stereocenters. The smallest absolute Gasteiger partial charge is 0.343 e. The van der Waals surface area contributed by atoms with Crippen LogP contribution in [0, 0.1) is 10.1 Å². The van der Waals surface area contributed by atoms with Crippen LogP contribution in [0.15, 0.2) is 18.2 Å². The zero-order valence-electron chi connectivity index (χ0n) is 8.62. The molecule has 0 aliphatic heterocycles. The van der Waals surface area contributed by atoms with Crippen LogP contribution in [-0.2, 0) is 0 Å². The summed E-state index contributed by atoms with van der Waals surface area (Å²) < 4.78 is 35.6. The van der Waals surface area contributed by atoms with E-state index in [2.05, 4.69) is 0 Å². The number of alkyl halides is 3. The molecule has 1 amide bonds. The van der Waals surface area contributed by atoms with Crippen LogP contribution in [0.1, 0.15) is 10.4 Å². The Morgan fingerprint density at radius 3 is 2.50 bits per heavy atom. The molecule has 0 atom stereocenters. The minimum atomic E-state index is -4.53. The topological polar surface area (TPSA) is 72.2 Å². The third-order valence-electron chi connectivity index (χ3n) is 1.86. The molecule has 0 saturated carbocycles. The minimum absolute atomic E-state index is 0.185. The van der Waals surface area contributed by atoms with Crippen molar-refractivity contribution in [2.24, 2.45) is 0 Å². The molecular formula is C9H6ClF3N2O3. The van der Waals surface area contributed by atoms with Gasteiger partial charge in [-0.15, -0.1) is 0 Å². The summed E-state index contributed by atoms with van der Waals surface area (Å²) in [4.78, 5) is 21.0. The highest BCUT2D eigenvalue weighted by Crippen LogP contribution is 2.25. The number of halogens is 4. The Labute approximate surface area is 104 Å². The van der Waals surface area contributed by atoms with Crippen molar-refractivity contribution in [2.45, 2.75) is 6.18 Å². The first-order valence-electron chi connectivity index (χ1n) is 4.49. The highest BCUT2D eigenvalue weighted by molar-refractivity contribution is 6.33. The second-order valence-electron chi connectivity index (χ2n) is 3.22. The number of nitrogens with one attached hydrogen (secondary N) is 1. The van der Waals surface area contributed by atoms with Crippen molar-refractivity contribution in [1.29, 1.82) is 0 Å². The Morgan fingerprint density at radius 2 is 2.06 bits per heavy atom. The first-order valence-corrected chi connectivity index (χ1v) is 4.87. The van der Waals surface area contributed by atoms with Gasteiger partial charge in [-0.05, 0) is 12.1 Å². The number of nitro groups is 1. The summed E-state index contributed by atoms with van der Waals surface area (Å²) in [6.45, 7) is -1.49. The van der Waals surface area contributed by atoms with E-state index in [9.17, 15) is 28.1 Å². The summed E-state index contributed by atoms with van der Waals surface area (Å²) in [6, 6.07) is 2.91. The molecule has 1 aromatic carbocycles. The number of carbonyl (C=O) groups excluding carboxylic acids is 1. The second kappa shape index (κ2) is 5.21. The van der Waals surface area contributed by atoms with E-state index in [0.29, 0.717) is 0 Å². The van der Waals surface area contributed by atoms with Crippen molar-refractivity contribution in [3.63, 3.8) is 0 Å². The maximum Gasteiger partial charge on any atom is 0.405 e. The molecule has 0 radical (unpaired) electrons. The molecule has 0 heterocycles. The number of nitrogens with zero attached hydrogens (tertiary/aromatic N) is 1. The zero-order valence-corrected chi connectivity index (χ0v) is 9.38. The van der Waals surface area contributed by atoms with Gasteiger partial charge in [-0.1, -0.05) is 11.6 Å². The van der Waals surface area contributed by atoms with Gasteiger partial charge in [0.2, 0.25) is 0 Å². The van der Waals surface area contributed by atoms with Crippen LogP contribution in [0.2, 0.25) is 5.02 Å². The summed E-state index contributed by atoms with van der Waals surface area (Å²) >= 11 is 5.51. The highest BCUT2D eigenvalue weighted by Gasteiger charge is 2.28. The number of carbonyl (C=O) groups is 1. The monoisotopic (exact) mass is 282 g/mol. The Kier molecular flexibility index (Phi) is 4.12. The molecule has 0 saturated heterocycles. The fourth-order valence-electron chi connectivity index (χ4n) is 1.08. The first kappa shape index (κ1) is 14.2. The van der Waals surface area contributed by atoms with Crippen LogP contribution in [0.3, 0.4) is 0 Å². The fourth-order valence-corrected chi connectivity index (χ4v) is 1.33. The van der Waals surface area contributed by atoms with Gasteiger partial charge in [0, 0.05) is 11.6 Å². The summed E-state index contributed by atoms with van der Waals surface area (Å²) in [5.41, 5.74) is -0.612. The standard InChI is InChI=1S/C9H6ClF3N2O3/c10-6-3-5(1-2-7(6)15(17)18)8(16)14-4-9(11,12)13/h1-3H,4H2,(H,14,16). The van der Waals surface area contributed by atoms with E-state index in [1.165, 1.54) is 0 Å². The molecule has 0 fully saturated rings. The predicted octanol–water partition coefficient (Wildman–Crippen LogP) is 2.54. The van der Waals surface area contributed by atoms with E-state index in [4.69, 9.17) is 11.6 Å². The van der Waals surface area contributed by atoms with Gasteiger partial charge in [0.05, 0.1) is 4.92 Å². The number of benzene rings is 1. The van der Waals surface area contributed by atoms with Gasteiger partial charge in [-0.3, -0.25) is 14.9 Å². The molecule has 0 spiro atoms. The molecule has 1 aromatic rings. The SMILES string of the molecule is O=C(NCC(F)(F)F)c1ccc([N+](=O)[O-])c(Cl)c1. The summed E-state index contributed by atoms with van der Waals surface area (Å²) in [6.07, 6.45) is -4.53. The van der Waals surface area contributed by atoms with Crippen LogP contribution >= 0.6 is 11.6 Å². The van der Waals surface area contributed by atoms with E-state index in [-0.39, 0.29) is 10.6 Å². The Balaban J connectivity index is 2.82. The van der Waals surface area contributed by atoms with Gasteiger partial charge < -0.3 is 5.32 Å². The van der Waals surface area contributed by atoms with Crippen molar-refractivity contribution >= 4 is 23.2 Å². The largest absolute Gasteiger partial charge is 0.405 e. The quantitative estimate of drug-likeness (QED) is 0.684. The van der Waals surface area contributed by atoms with Gasteiger partial charge >= 0.3 is 6.18 Å². The number of amides is 1. The molecular weight excluding hydrogens is 277 g/mol. The van der Waals surface area contributed by atoms with Crippen LogP contribution in [0.5, 0.6) is 0 Å². The Morgan fingerprint density at radius 1 is 1.44 bits per heavy atom. The molecule has 1 N–H and O–H groups in total. The first-order chi connectivity index (χ1) is 8.20. The predicted molar refractivity (Wildman–Crippen MR) is 56.5 cm³/mol. The molecule has 9 heteroatoms. The van der Waals surface area contributed by atoms with Gasteiger partial charge in [-0.25, -0.2) is 0 Å². The van der Waals surface area contributed by atoms with Crippen molar-refractivity contribution in [1.82, 2.24) is 5.32 Å². The van der Waals surface area contributed by atoms with Gasteiger partial charge in [0.25, 0.3) is 11.6 Å². The molecule has 0 aliphatic carbocycles. The van der Waals surface area contributed by atoms with Gasteiger partial charge in [-0.2, -0.15) is 13.2 Å². The lowest BCUT2D eigenvalue weighted by atomic mass is 10.2. The lowest BCUT2D eigenvalue weighted by Crippen LogP contribution is -2.33. The third kappa shape index (κ3) is 3.88. The van der Waals surface area contributed by atoms with Crippen molar-refractivity contribution in [3.8, 4) is 0 Å². The van der Waals surface area contributed by atoms with Crippen LogP contribution in [0.25, 0.3) is 0 Å². The van der Waals surface area contributed by atoms with Crippen LogP contribution in [0.4, 0.5) is 18.9 Å². The lowest BCUT2D eigenvalue weighted by Gasteiger charge is -2.08. The molecule has 1 rings (SSSR count). The van der Waals surface area contributed by atoms with E-state index >= 15 is 0 Å². The number of hydrogen-bond acceptors (Lipinski definition) is 3. The highest BCUT2D eigenvalue weighted by atomic mass is 35.5. The summed E-state index contributed by atoms with van der Waals surface area (Å²) in [5.74, 6) is -1.01. The minimum Gasteiger partial charge on any atom is -0.343 e. The van der Waals surface area contributed by atoms with Crippen molar-refractivity contribution in [2.75, 3.05) is 6.54 Å². The molecule has 0 bridgehead atoms. The normalized spacial score (nSPS) is 11.1. The molecule has 0 aliphatic rings. The fraction of sp³-hybridized carbons (Fsp3) is 0.222. The lowest BCUT2D eigenvalue weighted by molar-refractivity contribution is -0.384. The summed E-state index contributed by atoms with van der Waals surface area (Å²) in [5, 5.41) is 11.7. The molecule has 0 aromatic heterocycles. The molecule has 98 valence electrons. The van der Waals surface area contributed by atoms with Gasteiger partial charge in [0.1, 0.15) is 11.6 Å². The maximum atomic E-state index is 11.9. The second-order valence-corrected chi connectivity index (χ2v) is 3.63. The maximum absolute atomic E-state index is 11.9. The molecule has 18 heavy (non-hydrogen) atoms.